The lowest BCUT2D eigenvalue weighted by Gasteiger charge is -2.36. The Morgan fingerprint density at radius 2 is 1.92 bits per heavy atom. The van der Waals surface area contributed by atoms with Crippen molar-refractivity contribution in [2.24, 2.45) is 0 Å². The molecule has 1 unspecified atom stereocenters. The van der Waals surface area contributed by atoms with E-state index in [-0.39, 0.29) is 6.04 Å². The smallest absolute Gasteiger partial charge is 0.419 e. The van der Waals surface area contributed by atoms with E-state index in [9.17, 15) is 4.79 Å². The zero-order valence-electron chi connectivity index (χ0n) is 22.5. The molecule has 198 valence electrons. The first kappa shape index (κ1) is 26.5. The average Bonchev–Trinajstić information content (AvgIpc) is 3.20. The number of fused-ring (bicyclic) bond motifs is 3. The minimum atomic E-state index is -0.631. The zero-order valence-corrected chi connectivity index (χ0v) is 24.1. The van der Waals surface area contributed by atoms with Gasteiger partial charge in [0.25, 0.3) is 0 Å². The van der Waals surface area contributed by atoms with Gasteiger partial charge in [0.1, 0.15) is 11.6 Å². The van der Waals surface area contributed by atoms with Crippen LogP contribution in [0.2, 0.25) is 0 Å². The number of hydrogen-bond donors (Lipinski definition) is 0. The fourth-order valence-corrected chi connectivity index (χ4v) is 5.24. The molecule has 7 nitrogen and oxygen atoms in total. The van der Waals surface area contributed by atoms with Crippen molar-refractivity contribution in [1.82, 2.24) is 19.6 Å². The number of rotatable bonds is 5. The molecule has 38 heavy (non-hydrogen) atoms. The number of hydroxylamine groups is 2. The highest BCUT2D eigenvalue weighted by Crippen LogP contribution is 2.42. The van der Waals surface area contributed by atoms with Crippen molar-refractivity contribution in [3.05, 3.63) is 81.7 Å². The maximum absolute atomic E-state index is 13.7. The highest BCUT2D eigenvalue weighted by molar-refractivity contribution is 9.10. The Morgan fingerprint density at radius 1 is 1.16 bits per heavy atom. The molecule has 0 bridgehead atoms. The summed E-state index contributed by atoms with van der Waals surface area (Å²) in [5.74, 6) is 0.688. The maximum Gasteiger partial charge on any atom is 0.419 e. The molecule has 0 spiro atoms. The lowest BCUT2D eigenvalue weighted by molar-refractivity contribution is -0.201. The number of aromatic nitrogens is 3. The number of nitrogens with zero attached hydrogens (tertiary/aromatic N) is 4. The van der Waals surface area contributed by atoms with Gasteiger partial charge in [-0.05, 0) is 63.9 Å². The molecule has 0 aliphatic carbocycles. The first-order valence-corrected chi connectivity index (χ1v) is 13.8. The molecular weight excluding hydrogens is 544 g/mol. The van der Waals surface area contributed by atoms with Gasteiger partial charge in [-0.1, -0.05) is 53.5 Å². The van der Waals surface area contributed by atoms with E-state index < -0.39 is 11.7 Å². The Kier molecular flexibility index (Phi) is 7.40. The maximum atomic E-state index is 13.7. The summed E-state index contributed by atoms with van der Waals surface area (Å²) in [7, 11) is 0. The van der Waals surface area contributed by atoms with E-state index in [1.165, 1.54) is 0 Å². The molecule has 0 fully saturated rings. The topological polar surface area (TPSA) is 69.5 Å². The average molecular weight is 578 g/mol. The van der Waals surface area contributed by atoms with Gasteiger partial charge in [0.15, 0.2) is 5.82 Å². The van der Waals surface area contributed by atoms with E-state index in [1.807, 2.05) is 63.1 Å². The van der Waals surface area contributed by atoms with Gasteiger partial charge in [0.05, 0.1) is 17.8 Å². The van der Waals surface area contributed by atoms with Crippen molar-refractivity contribution >= 4 is 32.9 Å². The standard InChI is InChI=1S/C30H33BrN4O3/c1-6-7-16-34-26(20-8-10-21(11-9-20)28-32-15-14-19(2)33-28)27-24(18-37-34)23-17-22(31)12-13-25(23)35(27)29(36)38-30(3,4)5/h8-15,17,26H,6-7,16,18H2,1-5H3. The SMILES string of the molecule is CCCCN1OCc2c(n(C(=O)OC(C)(C)C)c3ccc(Br)cc23)C1c1ccc(-c2nccc(C)n2)cc1. The number of hydrogen-bond acceptors (Lipinski definition) is 6. The minimum absolute atomic E-state index is 0.295. The Balaban J connectivity index is 1.68. The largest absolute Gasteiger partial charge is 0.443 e. The van der Waals surface area contributed by atoms with Crippen molar-refractivity contribution in [1.29, 1.82) is 0 Å². The van der Waals surface area contributed by atoms with Crippen molar-refractivity contribution < 1.29 is 14.4 Å². The van der Waals surface area contributed by atoms with Crippen molar-refractivity contribution in [3.63, 3.8) is 0 Å². The van der Waals surface area contributed by atoms with Crippen LogP contribution < -0.4 is 0 Å². The van der Waals surface area contributed by atoms with Gasteiger partial charge < -0.3 is 4.74 Å². The Labute approximate surface area is 231 Å². The van der Waals surface area contributed by atoms with Crippen molar-refractivity contribution in [2.45, 2.75) is 65.7 Å². The molecule has 1 aliphatic rings. The van der Waals surface area contributed by atoms with Gasteiger partial charge in [-0.3, -0.25) is 4.84 Å². The Morgan fingerprint density at radius 3 is 2.61 bits per heavy atom. The number of ether oxygens (including phenoxy) is 1. The van der Waals surface area contributed by atoms with E-state index in [0.29, 0.717) is 12.4 Å². The number of aryl methyl sites for hydroxylation is 1. The van der Waals surface area contributed by atoms with Gasteiger partial charge in [-0.15, -0.1) is 0 Å². The molecule has 2 aromatic carbocycles. The summed E-state index contributed by atoms with van der Waals surface area (Å²) >= 11 is 3.61. The lowest BCUT2D eigenvalue weighted by atomic mass is 9.96. The zero-order chi connectivity index (χ0) is 27.0. The van der Waals surface area contributed by atoms with Crippen molar-refractivity contribution in [2.75, 3.05) is 6.54 Å². The van der Waals surface area contributed by atoms with Crippen LogP contribution in [0.25, 0.3) is 22.3 Å². The third kappa shape index (κ3) is 5.25. The third-order valence-corrected chi connectivity index (χ3v) is 7.08. The van der Waals surface area contributed by atoms with E-state index in [4.69, 9.17) is 9.57 Å². The second-order valence-electron chi connectivity index (χ2n) is 10.7. The van der Waals surface area contributed by atoms with E-state index >= 15 is 0 Å². The van der Waals surface area contributed by atoms with Crippen molar-refractivity contribution in [3.8, 4) is 11.4 Å². The molecule has 3 heterocycles. The lowest BCUT2D eigenvalue weighted by Crippen LogP contribution is -2.38. The normalized spacial score (nSPS) is 16.0. The fraction of sp³-hybridized carbons (Fsp3) is 0.367. The summed E-state index contributed by atoms with van der Waals surface area (Å²) in [6.45, 7) is 10.9. The minimum Gasteiger partial charge on any atom is -0.443 e. The highest BCUT2D eigenvalue weighted by atomic mass is 79.9. The van der Waals surface area contributed by atoms with E-state index in [0.717, 1.165) is 62.8 Å². The van der Waals surface area contributed by atoms with Gasteiger partial charge in [0, 0.05) is 39.4 Å². The molecule has 0 saturated carbocycles. The molecule has 0 radical (unpaired) electrons. The first-order chi connectivity index (χ1) is 18.2. The molecule has 1 aliphatic heterocycles. The number of benzene rings is 2. The fourth-order valence-electron chi connectivity index (χ4n) is 4.88. The van der Waals surface area contributed by atoms with E-state index in [1.54, 1.807) is 10.8 Å². The molecule has 8 heteroatoms. The van der Waals surface area contributed by atoms with Crippen LogP contribution in [0.15, 0.2) is 59.2 Å². The number of carbonyl (C=O) groups is 1. The summed E-state index contributed by atoms with van der Waals surface area (Å²) in [6.07, 6.45) is 3.39. The van der Waals surface area contributed by atoms with Gasteiger partial charge in [-0.25, -0.2) is 19.3 Å². The summed E-state index contributed by atoms with van der Waals surface area (Å²) < 4.78 is 8.60. The van der Waals surface area contributed by atoms with Gasteiger partial charge in [-0.2, -0.15) is 5.06 Å². The quantitative estimate of drug-likeness (QED) is 0.244. The Hall–Kier alpha value is -3.07. The number of halogens is 1. The summed E-state index contributed by atoms with van der Waals surface area (Å²) in [6, 6.07) is 15.8. The number of unbranched alkanes of at least 4 members (excludes halogenated alkanes) is 1. The molecule has 2 aromatic heterocycles. The van der Waals surface area contributed by atoms with Gasteiger partial charge >= 0.3 is 6.09 Å². The van der Waals surface area contributed by atoms with Crippen LogP contribution in [0.3, 0.4) is 0 Å². The third-order valence-electron chi connectivity index (χ3n) is 6.58. The summed E-state index contributed by atoms with van der Waals surface area (Å²) in [5, 5.41) is 2.99. The predicted octanol–water partition coefficient (Wildman–Crippen LogP) is 7.59. The second kappa shape index (κ2) is 10.6. The summed E-state index contributed by atoms with van der Waals surface area (Å²) in [4.78, 5) is 29.1. The van der Waals surface area contributed by atoms with Crippen LogP contribution in [0.5, 0.6) is 0 Å². The summed E-state index contributed by atoms with van der Waals surface area (Å²) in [5.41, 5.74) is 4.93. The molecule has 1 atom stereocenters. The van der Waals surface area contributed by atoms with Gasteiger partial charge in [0.2, 0.25) is 0 Å². The van der Waals surface area contributed by atoms with Crippen LogP contribution in [0.1, 0.15) is 69.1 Å². The Bertz CT molecular complexity index is 1470. The molecule has 5 rings (SSSR count). The molecule has 4 aromatic rings. The first-order valence-electron chi connectivity index (χ1n) is 13.0. The van der Waals surface area contributed by atoms with Crippen LogP contribution in [0, 0.1) is 6.92 Å². The predicted molar refractivity (Wildman–Crippen MR) is 152 cm³/mol. The molecule has 0 amide bonds. The van der Waals surface area contributed by atoms with Crippen LogP contribution in [-0.4, -0.2) is 37.8 Å². The van der Waals surface area contributed by atoms with Crippen LogP contribution in [0.4, 0.5) is 4.79 Å². The molecular formula is C30H33BrN4O3. The second-order valence-corrected chi connectivity index (χ2v) is 11.6. The van der Waals surface area contributed by atoms with E-state index in [2.05, 4.69) is 51.0 Å². The van der Waals surface area contributed by atoms with Crippen LogP contribution >= 0.6 is 15.9 Å². The molecule has 0 N–H and O–H groups in total. The number of carbonyl (C=O) groups excluding carboxylic acids is 1. The highest BCUT2D eigenvalue weighted by Gasteiger charge is 2.37. The van der Waals surface area contributed by atoms with Crippen LogP contribution in [-0.2, 0) is 16.2 Å². The monoisotopic (exact) mass is 576 g/mol. The molecule has 0 saturated heterocycles.